The maximum absolute atomic E-state index is 15.1. The molecule has 2 heterocycles. The fourth-order valence-electron chi connectivity index (χ4n) is 18.1. The molecule has 0 amide bonds. The van der Waals surface area contributed by atoms with Gasteiger partial charge < -0.3 is 52.0 Å². The van der Waals surface area contributed by atoms with E-state index in [0.717, 1.165) is 31.2 Å². The Labute approximate surface area is 413 Å². The van der Waals surface area contributed by atoms with Crippen LogP contribution in [-0.2, 0) is 19.1 Å². The van der Waals surface area contributed by atoms with Crippen LogP contribution in [0.4, 0.5) is 0 Å². The monoisotopic (exact) mass is 966 g/mol. The molecule has 9 aliphatic rings. The number of ketones is 2. The van der Waals surface area contributed by atoms with Gasteiger partial charge in [-0.25, -0.2) is 0 Å². The number of rotatable bonds is 8. The average Bonchev–Trinajstić information content (AvgIpc) is 4.02. The van der Waals surface area contributed by atoms with Crippen molar-refractivity contribution >= 4 is 23.5 Å². The van der Waals surface area contributed by atoms with Crippen LogP contribution in [0.2, 0.25) is 0 Å². The van der Waals surface area contributed by atoms with E-state index in [9.17, 15) is 35.1 Å². The molecule has 1 saturated heterocycles. The number of allylic oxidation sites excluding steroid dienone is 3. The number of Topliss-reactive ketones (excluding diaryl/α,β-unsaturated/α-hetero) is 2. The van der Waals surface area contributed by atoms with Crippen molar-refractivity contribution in [3.05, 3.63) is 46.9 Å². The van der Waals surface area contributed by atoms with Crippen molar-refractivity contribution in [2.24, 2.45) is 104 Å². The normalized spacial score (nSPS) is 47.5. The number of H-pyrrole nitrogens is 1. The van der Waals surface area contributed by atoms with Crippen LogP contribution in [0.1, 0.15) is 130 Å². The Bertz CT molecular complexity index is 2380. The zero-order chi connectivity index (χ0) is 49.8. The van der Waals surface area contributed by atoms with E-state index < -0.39 is 69.9 Å². The number of carbonyl (C=O) groups is 3. The molecule has 1 aromatic heterocycles. The van der Waals surface area contributed by atoms with Crippen LogP contribution in [0, 0.1) is 99.6 Å². The van der Waals surface area contributed by atoms with Gasteiger partial charge in [0.25, 0.3) is 0 Å². The number of nitrogens with one attached hydrogen (secondary N) is 2. The lowest BCUT2D eigenvalue weighted by atomic mass is 9.44. The first-order valence-corrected chi connectivity index (χ1v) is 26.8. The van der Waals surface area contributed by atoms with Crippen molar-refractivity contribution in [3.63, 3.8) is 0 Å². The zero-order valence-electron chi connectivity index (χ0n) is 41.9. The number of esters is 1. The number of fused-ring (bicyclic) bond motifs is 8. The van der Waals surface area contributed by atoms with Gasteiger partial charge in [0.1, 0.15) is 5.78 Å². The zero-order valence-corrected chi connectivity index (χ0v) is 41.9. The fraction of sp³-hybridized carbons (Fsp3) is 0.750. The van der Waals surface area contributed by atoms with Crippen LogP contribution >= 0.6 is 0 Å². The van der Waals surface area contributed by atoms with E-state index in [1.165, 1.54) is 13.3 Å². The molecular formula is C56H79N5O9. The Morgan fingerprint density at radius 1 is 0.986 bits per heavy atom. The quantitative estimate of drug-likeness (QED) is 0.0568. The second-order valence-corrected chi connectivity index (χ2v) is 24.7. The molecule has 0 unspecified atom stereocenters. The number of aliphatic hydroxyl groups excluding tert-OH is 3. The van der Waals surface area contributed by atoms with Gasteiger partial charge >= 0.3 is 5.97 Å². The third kappa shape index (κ3) is 7.75. The highest BCUT2D eigenvalue weighted by molar-refractivity contribution is 6.00. The van der Waals surface area contributed by atoms with Gasteiger partial charge in [0, 0.05) is 54.4 Å². The molecular weight excluding hydrogens is 887 g/mol. The van der Waals surface area contributed by atoms with Gasteiger partial charge in [0.05, 0.1) is 54.3 Å². The predicted molar refractivity (Wildman–Crippen MR) is 263 cm³/mol. The number of cyclic esters (lactones) is 1. The summed E-state index contributed by atoms with van der Waals surface area (Å²) in [5, 5.41) is 66.3. The lowest BCUT2D eigenvalue weighted by Crippen LogP contribution is -2.65. The first kappa shape index (κ1) is 49.6. The third-order valence-corrected chi connectivity index (χ3v) is 20.9. The van der Waals surface area contributed by atoms with E-state index in [1.807, 2.05) is 25.4 Å². The molecule has 8 aliphatic carbocycles. The Morgan fingerprint density at radius 3 is 2.50 bits per heavy atom. The first-order valence-electron chi connectivity index (χ1n) is 26.8. The number of aliphatic imine (C=N–C) groups is 1. The number of guanidine groups is 1. The van der Waals surface area contributed by atoms with Crippen LogP contribution in [0.3, 0.4) is 0 Å². The van der Waals surface area contributed by atoms with Gasteiger partial charge in [-0.1, -0.05) is 38.3 Å². The summed E-state index contributed by atoms with van der Waals surface area (Å²) in [7, 11) is 0. The Morgan fingerprint density at radius 2 is 1.77 bits per heavy atom. The number of aromatic amines is 1. The number of carbonyl (C=O) groups excluding carboxylic acids is 3. The molecule has 0 radical (unpaired) electrons. The maximum Gasteiger partial charge on any atom is 0.313 e. The molecule has 382 valence electrons. The number of nitrogens with two attached hydrogens (primary N) is 2. The van der Waals surface area contributed by atoms with Gasteiger partial charge in [0.15, 0.2) is 11.7 Å². The number of ether oxygens (including phenoxy) is 1. The molecule has 14 nitrogen and oxygen atoms in total. The Balaban J connectivity index is 1.16. The maximum atomic E-state index is 15.1. The summed E-state index contributed by atoms with van der Waals surface area (Å²) >= 11 is 0. The third-order valence-electron chi connectivity index (χ3n) is 20.9. The minimum Gasteiger partial charge on any atom is -0.465 e. The number of aliphatic hydroxyl groups is 5. The Hall–Kier alpha value is -4.00. The lowest BCUT2D eigenvalue weighted by Gasteiger charge is -2.62. The van der Waals surface area contributed by atoms with Crippen molar-refractivity contribution < 1.29 is 44.7 Å². The summed E-state index contributed by atoms with van der Waals surface area (Å²) in [6.45, 7) is 9.99. The number of nitrogens with zero attached hydrogens (tertiary/aromatic N) is 1. The topological polar surface area (TPSA) is 254 Å². The van der Waals surface area contributed by atoms with E-state index >= 15 is 4.79 Å². The van der Waals surface area contributed by atoms with Crippen molar-refractivity contribution in [3.8, 4) is 11.8 Å². The summed E-state index contributed by atoms with van der Waals surface area (Å²) in [5.41, 5.74) is 9.44. The minimum atomic E-state index is -1.79. The highest BCUT2D eigenvalue weighted by Gasteiger charge is 2.74. The van der Waals surface area contributed by atoms with Gasteiger partial charge in [-0.15, -0.1) is 5.92 Å². The SMILES string of the molecule is CC(=O)CNC1=C2[C@H](CC[C@]3(CCN=C(N)N)[C@@H]4[C@@H](CC#C[C@H]([C@H]5COC(=O)[C@@H]5c5cc[nH]c5)[C@H]5CC[C@@H]6C=C7CC[C@H](C)C[C@H]7[C@H]5[C@@H]6[C@H](C)C[C@@H](O)[C@]4(C)O)C[C@@]23O)[C@@]2(C)C[C@H](O)[C@H](O)C[C@H]2C1=O. The second kappa shape index (κ2) is 18.2. The predicted octanol–water partition coefficient (Wildman–Crippen LogP) is 4.65. The lowest BCUT2D eigenvalue weighted by molar-refractivity contribution is -0.190. The van der Waals surface area contributed by atoms with E-state index in [-0.39, 0.29) is 117 Å². The van der Waals surface area contributed by atoms with Crippen LogP contribution in [0.5, 0.6) is 0 Å². The van der Waals surface area contributed by atoms with Crippen LogP contribution in [0.25, 0.3) is 0 Å². The van der Waals surface area contributed by atoms with E-state index in [0.29, 0.717) is 42.6 Å². The number of hydrogen-bond acceptors (Lipinski definition) is 11. The van der Waals surface area contributed by atoms with Gasteiger partial charge in [-0.2, -0.15) is 0 Å². The first-order chi connectivity index (χ1) is 33.2. The van der Waals surface area contributed by atoms with Crippen molar-refractivity contribution in [1.82, 2.24) is 10.3 Å². The number of hydrogen-bond donors (Lipinski definition) is 9. The highest BCUT2D eigenvalue weighted by Crippen LogP contribution is 2.72. The molecule has 0 aromatic carbocycles. The summed E-state index contributed by atoms with van der Waals surface area (Å²) in [5.74, 6) is 5.32. The molecule has 70 heavy (non-hydrogen) atoms. The van der Waals surface area contributed by atoms with E-state index in [2.05, 4.69) is 47.1 Å². The number of aromatic nitrogens is 1. The molecule has 4 bridgehead atoms. The molecule has 6 fully saturated rings. The largest absolute Gasteiger partial charge is 0.465 e. The van der Waals surface area contributed by atoms with E-state index in [1.54, 1.807) is 12.5 Å². The molecule has 0 spiro atoms. The van der Waals surface area contributed by atoms with Crippen LogP contribution in [0.15, 0.2) is 46.4 Å². The van der Waals surface area contributed by atoms with Crippen molar-refractivity contribution in [2.45, 2.75) is 154 Å². The van der Waals surface area contributed by atoms with E-state index in [4.69, 9.17) is 16.2 Å². The second-order valence-electron chi connectivity index (χ2n) is 24.7. The average molecular weight is 966 g/mol. The van der Waals surface area contributed by atoms with Crippen molar-refractivity contribution in [1.29, 1.82) is 0 Å². The van der Waals surface area contributed by atoms with Crippen LogP contribution in [-0.4, -0.2) is 103 Å². The van der Waals surface area contributed by atoms with Crippen molar-refractivity contribution in [2.75, 3.05) is 19.7 Å². The summed E-state index contributed by atoms with van der Waals surface area (Å²) in [4.78, 5) is 49.3. The summed E-state index contributed by atoms with van der Waals surface area (Å²) in [6, 6.07) is 1.97. The molecule has 1 aliphatic heterocycles. The summed E-state index contributed by atoms with van der Waals surface area (Å²) < 4.78 is 6.00. The molecule has 11 N–H and O–H groups in total. The molecule has 14 heteroatoms. The Kier molecular flexibility index (Phi) is 12.9. The minimum absolute atomic E-state index is 0.0105. The van der Waals surface area contributed by atoms with Gasteiger partial charge in [0.2, 0.25) is 0 Å². The standard InChI is InChI=1S/C56H79N5O9/c1-28-9-10-31-21-32-11-12-36-35(38-27-70-51(67)45(38)34-14-17-59-26-34)8-6-7-33-23-56(69)47-39(53(4)24-42(64)41(63)22-40(53)49(66)48(47)61-25-30(3)62)13-15-55(56,16-18-60-52(57)58)50(33)54(5,68)43(65)20-29(2)44(32)46(36)37(31)19-28/h14,17,21,26,28-29,32-33,35-46,50,59,61,63-65,68-69H,7,9-13,15-16,18-20,22-25,27H2,1-5H3,(H4,57,58,60)/t28-,29+,32+,33-,35-,36+,37+,38+,39-,40-,41+,42-,43+,44+,45+,46-,50+,53+,54-,55-,56+/m0/s1. The molecule has 21 atom stereocenters. The molecule has 10 rings (SSSR count). The molecule has 1 aromatic rings. The smallest absolute Gasteiger partial charge is 0.313 e. The highest BCUT2D eigenvalue weighted by atomic mass is 16.5. The molecule has 5 saturated carbocycles. The fourth-order valence-corrected chi connectivity index (χ4v) is 18.1. The summed E-state index contributed by atoms with van der Waals surface area (Å²) in [6.07, 6.45) is 10.2. The van der Waals surface area contributed by atoms with Crippen LogP contribution < -0.4 is 16.8 Å². The van der Waals surface area contributed by atoms with Gasteiger partial charge in [-0.05, 0) is 167 Å². The van der Waals surface area contributed by atoms with Gasteiger partial charge in [-0.3, -0.25) is 19.4 Å².